The second-order valence-corrected chi connectivity index (χ2v) is 10.1. The van der Waals surface area contributed by atoms with E-state index >= 15 is 0 Å². The Morgan fingerprint density at radius 3 is 2.04 bits per heavy atom. The van der Waals surface area contributed by atoms with E-state index in [0.29, 0.717) is 0 Å². The van der Waals surface area contributed by atoms with Crippen LogP contribution in [0.15, 0.2) is 46.7 Å². The summed E-state index contributed by atoms with van der Waals surface area (Å²) >= 11 is 0. The van der Waals surface area contributed by atoms with Gasteiger partial charge in [0.1, 0.15) is 11.2 Å². The van der Waals surface area contributed by atoms with E-state index in [-0.39, 0.29) is 11.3 Å². The minimum atomic E-state index is -3.72. The van der Waals surface area contributed by atoms with Crippen molar-refractivity contribution in [2.24, 2.45) is 0 Å². The largest absolute Gasteiger partial charge is 0.460 e. The fraction of sp³-hybridized carbons (Fsp3) is 0.500. The molecule has 1 amide bonds. The Bertz CT molecular complexity index is 771. The molecule has 1 aromatic rings. The van der Waals surface area contributed by atoms with E-state index in [1.165, 1.54) is 18.2 Å². The number of carbonyl (C=O) groups is 2. The molecule has 0 saturated heterocycles. The fourth-order valence-electron chi connectivity index (χ4n) is 2.08. The van der Waals surface area contributed by atoms with Gasteiger partial charge in [0.2, 0.25) is 0 Å². The second kappa shape index (κ2) is 9.23. The normalized spacial score (nSPS) is 13.8. The highest BCUT2D eigenvalue weighted by atomic mass is 32.2. The molecule has 0 aliphatic carbocycles. The van der Waals surface area contributed by atoms with Crippen molar-refractivity contribution in [3.05, 3.63) is 41.8 Å². The van der Waals surface area contributed by atoms with Gasteiger partial charge in [-0.15, -0.1) is 0 Å². The maximum atomic E-state index is 12.4. The molecule has 1 N–H and O–H groups in total. The summed E-state index contributed by atoms with van der Waals surface area (Å²) < 4.78 is 35.3. The molecule has 1 rings (SSSR count). The van der Waals surface area contributed by atoms with E-state index in [1.807, 2.05) is 0 Å². The Balaban J connectivity index is 2.99. The molecule has 0 aromatic heterocycles. The lowest BCUT2D eigenvalue weighted by Crippen LogP contribution is -2.40. The first kappa shape index (κ1) is 23.7. The number of ether oxygens (including phenoxy) is 2. The average molecular weight is 412 g/mol. The van der Waals surface area contributed by atoms with Crippen LogP contribution in [0.4, 0.5) is 4.79 Å². The number of sulfone groups is 1. The van der Waals surface area contributed by atoms with Crippen LogP contribution in [0.3, 0.4) is 0 Å². The van der Waals surface area contributed by atoms with Crippen molar-refractivity contribution < 1.29 is 27.5 Å². The molecule has 1 aromatic carbocycles. The summed E-state index contributed by atoms with van der Waals surface area (Å²) in [5.41, 5.74) is -1.44. The van der Waals surface area contributed by atoms with Gasteiger partial charge in [-0.3, -0.25) is 4.79 Å². The maximum Gasteiger partial charge on any atom is 0.408 e. The monoisotopic (exact) mass is 411 g/mol. The Morgan fingerprint density at radius 1 is 1.00 bits per heavy atom. The van der Waals surface area contributed by atoms with Crippen LogP contribution in [-0.2, 0) is 24.1 Å². The minimum absolute atomic E-state index is 0.111. The number of esters is 1. The lowest BCUT2D eigenvalue weighted by atomic mass is 10.1. The van der Waals surface area contributed by atoms with Gasteiger partial charge in [-0.2, -0.15) is 0 Å². The highest BCUT2D eigenvalue weighted by Gasteiger charge is 2.23. The van der Waals surface area contributed by atoms with E-state index in [2.05, 4.69) is 5.32 Å². The molecule has 0 spiro atoms. The molecular weight excluding hydrogens is 382 g/mol. The van der Waals surface area contributed by atoms with Crippen molar-refractivity contribution in [2.75, 3.05) is 0 Å². The van der Waals surface area contributed by atoms with E-state index in [9.17, 15) is 18.0 Å². The molecule has 0 fully saturated rings. The van der Waals surface area contributed by atoms with Gasteiger partial charge in [-0.05, 0) is 59.8 Å². The summed E-state index contributed by atoms with van der Waals surface area (Å²) in [6.07, 6.45) is 0.246. The van der Waals surface area contributed by atoms with Crippen LogP contribution >= 0.6 is 0 Å². The highest BCUT2D eigenvalue weighted by molar-refractivity contribution is 7.94. The van der Waals surface area contributed by atoms with Crippen LogP contribution in [0.1, 0.15) is 48.0 Å². The van der Waals surface area contributed by atoms with E-state index < -0.39 is 39.1 Å². The Hall–Kier alpha value is -2.35. The Labute approximate surface area is 167 Å². The lowest BCUT2D eigenvalue weighted by molar-refractivity contribution is -0.155. The molecule has 0 heterocycles. The van der Waals surface area contributed by atoms with E-state index in [1.54, 1.807) is 59.7 Å². The third kappa shape index (κ3) is 9.55. The van der Waals surface area contributed by atoms with Crippen LogP contribution in [0.25, 0.3) is 0 Å². The van der Waals surface area contributed by atoms with Crippen molar-refractivity contribution in [1.82, 2.24) is 5.32 Å². The average Bonchev–Trinajstić information content (AvgIpc) is 2.50. The van der Waals surface area contributed by atoms with Gasteiger partial charge < -0.3 is 14.8 Å². The predicted molar refractivity (Wildman–Crippen MR) is 106 cm³/mol. The van der Waals surface area contributed by atoms with E-state index in [0.717, 1.165) is 5.41 Å². The van der Waals surface area contributed by atoms with Crippen LogP contribution < -0.4 is 5.32 Å². The van der Waals surface area contributed by atoms with Crippen LogP contribution in [-0.4, -0.2) is 37.7 Å². The van der Waals surface area contributed by atoms with Crippen molar-refractivity contribution in [1.29, 1.82) is 0 Å². The number of carbonyl (C=O) groups excluding carboxylic acids is 2. The molecule has 8 heteroatoms. The van der Waals surface area contributed by atoms with Crippen molar-refractivity contribution >= 4 is 21.9 Å². The topological polar surface area (TPSA) is 98.8 Å². The zero-order valence-electron chi connectivity index (χ0n) is 17.2. The van der Waals surface area contributed by atoms with Crippen LogP contribution in [0.2, 0.25) is 0 Å². The first-order chi connectivity index (χ1) is 12.7. The third-order valence-corrected chi connectivity index (χ3v) is 4.52. The first-order valence-electron chi connectivity index (χ1n) is 8.88. The molecule has 0 aliphatic rings. The fourth-order valence-corrected chi connectivity index (χ4v) is 3.17. The molecule has 28 heavy (non-hydrogen) atoms. The standard InChI is InChI=1S/C20H29NO6S/c1-19(2,3)26-17(22)14-15(21-18(23)27-20(4,5)6)12-13-28(24,25)16-10-8-7-9-11-16/h7-13,15H,14H2,1-6H3,(H,21,23)/t15-/m1/s1. The van der Waals surface area contributed by atoms with Crippen molar-refractivity contribution in [3.8, 4) is 0 Å². The summed E-state index contributed by atoms with van der Waals surface area (Å²) in [7, 11) is -3.72. The highest BCUT2D eigenvalue weighted by Crippen LogP contribution is 2.14. The number of nitrogens with one attached hydrogen (secondary N) is 1. The molecule has 0 unspecified atom stereocenters. The molecule has 156 valence electrons. The third-order valence-electron chi connectivity index (χ3n) is 3.07. The van der Waals surface area contributed by atoms with Crippen molar-refractivity contribution in [3.63, 3.8) is 0 Å². The van der Waals surface area contributed by atoms with Gasteiger partial charge in [-0.1, -0.05) is 18.2 Å². The second-order valence-electron chi connectivity index (χ2n) is 8.23. The molecule has 0 bridgehead atoms. The number of benzene rings is 1. The summed E-state index contributed by atoms with van der Waals surface area (Å²) in [5, 5.41) is 3.47. The minimum Gasteiger partial charge on any atom is -0.460 e. The summed E-state index contributed by atoms with van der Waals surface area (Å²) in [6.45, 7) is 10.3. The molecule has 0 aliphatic heterocycles. The maximum absolute atomic E-state index is 12.4. The molecule has 1 atom stereocenters. The van der Waals surface area contributed by atoms with Gasteiger partial charge in [0.05, 0.1) is 17.4 Å². The number of rotatable bonds is 6. The van der Waals surface area contributed by atoms with Crippen molar-refractivity contribution in [2.45, 2.75) is 70.1 Å². The summed E-state index contributed by atoms with van der Waals surface area (Å²) in [6, 6.07) is 6.93. The van der Waals surface area contributed by atoms with Gasteiger partial charge in [0, 0.05) is 5.41 Å². The first-order valence-corrected chi connectivity index (χ1v) is 10.4. The number of amides is 1. The summed E-state index contributed by atoms with van der Waals surface area (Å²) in [5.74, 6) is -0.574. The van der Waals surface area contributed by atoms with Gasteiger partial charge in [0.15, 0.2) is 9.84 Å². The van der Waals surface area contributed by atoms with Gasteiger partial charge in [-0.25, -0.2) is 13.2 Å². The number of alkyl carbamates (subject to hydrolysis) is 1. The Morgan fingerprint density at radius 2 is 1.54 bits per heavy atom. The molecular formula is C20H29NO6S. The number of hydrogen-bond acceptors (Lipinski definition) is 6. The Kier molecular flexibility index (Phi) is 7.81. The number of hydrogen-bond donors (Lipinski definition) is 1. The summed E-state index contributed by atoms with van der Waals surface area (Å²) in [4.78, 5) is 24.3. The zero-order chi connectivity index (χ0) is 21.6. The molecule has 0 saturated carbocycles. The lowest BCUT2D eigenvalue weighted by Gasteiger charge is -2.23. The predicted octanol–water partition coefficient (Wildman–Crippen LogP) is 3.60. The quantitative estimate of drug-likeness (QED) is 0.718. The van der Waals surface area contributed by atoms with E-state index in [4.69, 9.17) is 9.47 Å². The van der Waals surface area contributed by atoms with Gasteiger partial charge in [0.25, 0.3) is 0 Å². The SMILES string of the molecule is CC(C)(C)OC(=O)C[C@@H](C=CS(=O)(=O)c1ccccc1)NC(=O)OC(C)(C)C. The van der Waals surface area contributed by atoms with Crippen LogP contribution in [0, 0.1) is 0 Å². The molecule has 0 radical (unpaired) electrons. The smallest absolute Gasteiger partial charge is 0.408 e. The van der Waals surface area contributed by atoms with Crippen LogP contribution in [0.5, 0.6) is 0 Å². The van der Waals surface area contributed by atoms with Gasteiger partial charge >= 0.3 is 12.1 Å². The molecule has 7 nitrogen and oxygen atoms in total. The zero-order valence-corrected chi connectivity index (χ0v) is 18.0.